The minimum Gasteiger partial charge on any atom is -0.493 e. The molecule has 0 radical (unpaired) electrons. The summed E-state index contributed by atoms with van der Waals surface area (Å²) in [6, 6.07) is 3.00. The monoisotopic (exact) mass is 257 g/mol. The Morgan fingerprint density at radius 3 is 2.56 bits per heavy atom. The van der Waals surface area contributed by atoms with Gasteiger partial charge in [-0.3, -0.25) is 4.79 Å². The first kappa shape index (κ1) is 11.3. The normalized spacial score (nSPS) is 10.8. The van der Waals surface area contributed by atoms with Gasteiger partial charge in [0.25, 0.3) is 0 Å². The maximum Gasteiger partial charge on any atom is 0.191 e. The van der Waals surface area contributed by atoms with Gasteiger partial charge in [0.1, 0.15) is 0 Å². The van der Waals surface area contributed by atoms with E-state index in [0.29, 0.717) is 26.7 Å². The third-order valence-electron chi connectivity index (χ3n) is 2.31. The summed E-state index contributed by atoms with van der Waals surface area (Å²) in [5, 5.41) is 1.09. The van der Waals surface area contributed by atoms with Gasteiger partial charge in [0, 0.05) is 11.8 Å². The lowest BCUT2D eigenvalue weighted by atomic mass is 10.2. The molecule has 0 bridgehead atoms. The number of benzene rings is 1. The van der Waals surface area contributed by atoms with Crippen molar-refractivity contribution in [3.63, 3.8) is 0 Å². The summed E-state index contributed by atoms with van der Waals surface area (Å²) in [7, 11) is 1.50. The van der Waals surface area contributed by atoms with Crippen LogP contribution in [0.4, 0.5) is 0 Å². The topological polar surface area (TPSA) is 42.1 Å². The molecule has 84 valence electrons. The molecule has 0 spiro atoms. The van der Waals surface area contributed by atoms with E-state index >= 15 is 0 Å². The molecule has 1 aromatic carbocycles. The highest BCUT2D eigenvalue weighted by molar-refractivity contribution is 6.39. The summed E-state index contributed by atoms with van der Waals surface area (Å²) in [5.74, 6) is 0.432. The highest BCUT2D eigenvalue weighted by Gasteiger charge is 2.13. The molecule has 0 saturated carbocycles. The van der Waals surface area contributed by atoms with Gasteiger partial charge in [0.15, 0.2) is 11.2 Å². The molecule has 5 heteroatoms. The van der Waals surface area contributed by atoms with Crippen LogP contribution in [0.1, 0.15) is 5.69 Å². The van der Waals surface area contributed by atoms with Gasteiger partial charge >= 0.3 is 0 Å². The molecular weight excluding hydrogens is 249 g/mol. The molecule has 2 rings (SSSR count). The number of rotatable bonds is 1. The lowest BCUT2D eigenvalue weighted by Crippen LogP contribution is -2.05. The number of H-pyrrole nitrogens is 1. The summed E-state index contributed by atoms with van der Waals surface area (Å²) in [5.41, 5.74) is 1.12. The van der Waals surface area contributed by atoms with Crippen LogP contribution in [0.15, 0.2) is 16.9 Å². The molecule has 1 heterocycles. The number of aromatic nitrogens is 1. The van der Waals surface area contributed by atoms with Crippen molar-refractivity contribution < 1.29 is 4.74 Å². The Morgan fingerprint density at radius 1 is 1.25 bits per heavy atom. The van der Waals surface area contributed by atoms with E-state index < -0.39 is 0 Å². The van der Waals surface area contributed by atoms with Crippen molar-refractivity contribution >= 4 is 34.1 Å². The minimum atomic E-state index is -0.147. The van der Waals surface area contributed by atoms with Crippen molar-refractivity contribution in [2.75, 3.05) is 7.11 Å². The van der Waals surface area contributed by atoms with Crippen LogP contribution in [0.25, 0.3) is 10.9 Å². The Bertz CT molecular complexity index is 619. The van der Waals surface area contributed by atoms with Gasteiger partial charge in [0.2, 0.25) is 0 Å². The van der Waals surface area contributed by atoms with E-state index in [1.165, 1.54) is 19.2 Å². The Hall–Kier alpha value is -1.19. The first-order chi connectivity index (χ1) is 7.54. The zero-order valence-corrected chi connectivity index (χ0v) is 10.2. The highest BCUT2D eigenvalue weighted by Crippen LogP contribution is 2.35. The van der Waals surface area contributed by atoms with E-state index in [0.717, 1.165) is 5.69 Å². The average Bonchev–Trinajstić information content (AvgIpc) is 2.15. The molecule has 0 aliphatic carbocycles. The number of hydrogen-bond donors (Lipinski definition) is 1. The fourth-order valence-corrected chi connectivity index (χ4v) is 2.30. The largest absolute Gasteiger partial charge is 0.493 e. The predicted molar refractivity (Wildman–Crippen MR) is 65.9 cm³/mol. The fraction of sp³-hybridized carbons (Fsp3) is 0.182. The van der Waals surface area contributed by atoms with Crippen molar-refractivity contribution in [2.45, 2.75) is 6.92 Å². The number of hydrogen-bond acceptors (Lipinski definition) is 2. The SMILES string of the molecule is COc1c(Cl)cc(Cl)c2c(=O)cc(C)[nH]c12. The summed E-state index contributed by atoms with van der Waals surface area (Å²) in [4.78, 5) is 14.8. The van der Waals surface area contributed by atoms with Crippen molar-refractivity contribution in [1.29, 1.82) is 0 Å². The molecule has 1 N–H and O–H groups in total. The number of nitrogens with one attached hydrogen (secondary N) is 1. The van der Waals surface area contributed by atoms with Crippen molar-refractivity contribution in [3.05, 3.63) is 38.1 Å². The first-order valence-corrected chi connectivity index (χ1v) is 5.36. The van der Waals surface area contributed by atoms with Crippen LogP contribution in [-0.2, 0) is 0 Å². The second-order valence-electron chi connectivity index (χ2n) is 3.44. The summed E-state index contributed by atoms with van der Waals surface area (Å²) in [6.45, 7) is 1.79. The van der Waals surface area contributed by atoms with Gasteiger partial charge in [-0.2, -0.15) is 0 Å². The van der Waals surface area contributed by atoms with E-state index in [2.05, 4.69) is 4.98 Å². The Morgan fingerprint density at radius 2 is 1.94 bits per heavy atom. The number of halogens is 2. The second kappa shape index (κ2) is 4.00. The molecule has 0 unspecified atom stereocenters. The number of aryl methyl sites for hydroxylation is 1. The molecular formula is C11H9Cl2NO2. The summed E-state index contributed by atoms with van der Waals surface area (Å²) >= 11 is 12.0. The molecule has 2 aromatic rings. The fourth-order valence-electron chi connectivity index (χ4n) is 1.66. The molecule has 0 amide bonds. The van der Waals surface area contributed by atoms with Crippen molar-refractivity contribution in [1.82, 2.24) is 4.98 Å². The average molecular weight is 258 g/mol. The van der Waals surface area contributed by atoms with Crippen molar-refractivity contribution in [3.8, 4) is 5.75 Å². The van der Waals surface area contributed by atoms with Gasteiger partial charge in [-0.15, -0.1) is 0 Å². The predicted octanol–water partition coefficient (Wildman–Crippen LogP) is 3.15. The first-order valence-electron chi connectivity index (χ1n) is 4.60. The van der Waals surface area contributed by atoms with Crippen LogP contribution in [-0.4, -0.2) is 12.1 Å². The van der Waals surface area contributed by atoms with E-state index in [1.54, 1.807) is 6.92 Å². The minimum absolute atomic E-state index is 0.147. The smallest absolute Gasteiger partial charge is 0.191 e. The van der Waals surface area contributed by atoms with Gasteiger partial charge in [0.05, 0.1) is 28.1 Å². The third-order valence-corrected chi connectivity index (χ3v) is 2.89. The lowest BCUT2D eigenvalue weighted by molar-refractivity contribution is 0.419. The maximum absolute atomic E-state index is 11.8. The van der Waals surface area contributed by atoms with Gasteiger partial charge in [-0.05, 0) is 13.0 Å². The summed E-state index contributed by atoms with van der Waals surface area (Å²) < 4.78 is 5.16. The van der Waals surface area contributed by atoms with Gasteiger partial charge < -0.3 is 9.72 Å². The van der Waals surface area contributed by atoms with Crippen molar-refractivity contribution in [2.24, 2.45) is 0 Å². The van der Waals surface area contributed by atoms with E-state index in [9.17, 15) is 4.79 Å². The standard InChI is InChI=1S/C11H9Cl2NO2/c1-5-3-8(15)9-6(12)4-7(13)11(16-2)10(9)14-5/h3-4H,1-2H3,(H,14,15). The van der Waals surface area contributed by atoms with Crippen LogP contribution in [0.2, 0.25) is 10.0 Å². The second-order valence-corrected chi connectivity index (χ2v) is 4.25. The molecule has 0 aliphatic rings. The maximum atomic E-state index is 11.8. The van der Waals surface area contributed by atoms with E-state index in [4.69, 9.17) is 27.9 Å². The zero-order chi connectivity index (χ0) is 11.9. The Labute approximate surface area is 102 Å². The van der Waals surface area contributed by atoms with Crippen LogP contribution in [0.3, 0.4) is 0 Å². The Balaban J connectivity index is 3.05. The Kier molecular flexibility index (Phi) is 2.82. The van der Waals surface area contributed by atoms with Crippen LogP contribution >= 0.6 is 23.2 Å². The molecule has 16 heavy (non-hydrogen) atoms. The molecule has 3 nitrogen and oxygen atoms in total. The lowest BCUT2D eigenvalue weighted by Gasteiger charge is -2.09. The van der Waals surface area contributed by atoms with Crippen LogP contribution in [0, 0.1) is 6.92 Å². The molecule has 0 saturated heterocycles. The van der Waals surface area contributed by atoms with Gasteiger partial charge in [-0.25, -0.2) is 0 Å². The number of aromatic amines is 1. The summed E-state index contributed by atoms with van der Waals surface area (Å²) in [6.07, 6.45) is 0. The third kappa shape index (κ3) is 1.66. The molecule has 0 aliphatic heterocycles. The zero-order valence-electron chi connectivity index (χ0n) is 8.73. The number of fused-ring (bicyclic) bond motifs is 1. The highest BCUT2D eigenvalue weighted by atomic mass is 35.5. The van der Waals surface area contributed by atoms with E-state index in [1.807, 2.05) is 0 Å². The van der Waals surface area contributed by atoms with Crippen LogP contribution in [0.5, 0.6) is 5.75 Å². The quantitative estimate of drug-likeness (QED) is 0.853. The van der Waals surface area contributed by atoms with Crippen LogP contribution < -0.4 is 10.2 Å². The van der Waals surface area contributed by atoms with Gasteiger partial charge in [-0.1, -0.05) is 23.2 Å². The molecule has 0 fully saturated rings. The number of methoxy groups -OCH3 is 1. The van der Waals surface area contributed by atoms with E-state index in [-0.39, 0.29) is 5.43 Å². The number of ether oxygens (including phenoxy) is 1. The number of pyridine rings is 1. The molecule has 1 aromatic heterocycles. The molecule has 0 atom stereocenters.